The van der Waals surface area contributed by atoms with Crippen molar-refractivity contribution in [3.63, 3.8) is 0 Å². The summed E-state index contributed by atoms with van der Waals surface area (Å²) in [6.07, 6.45) is -0.567. The number of esters is 1. The zero-order valence-corrected chi connectivity index (χ0v) is 19.1. The number of nitrogens with one attached hydrogen (secondary N) is 1. The lowest BCUT2D eigenvalue weighted by molar-refractivity contribution is 0.0225. The summed E-state index contributed by atoms with van der Waals surface area (Å²) in [4.78, 5) is 25.1. The lowest BCUT2D eigenvalue weighted by atomic mass is 9.77. The average Bonchev–Trinajstić information content (AvgIpc) is 3.16. The van der Waals surface area contributed by atoms with Gasteiger partial charge in [-0.05, 0) is 42.6 Å². The van der Waals surface area contributed by atoms with Gasteiger partial charge < -0.3 is 18.9 Å². The van der Waals surface area contributed by atoms with E-state index in [1.54, 1.807) is 32.2 Å². The zero-order chi connectivity index (χ0) is 24.2. The first-order valence-electron chi connectivity index (χ1n) is 11.3. The molecule has 35 heavy (non-hydrogen) atoms. The van der Waals surface area contributed by atoms with Gasteiger partial charge in [-0.3, -0.25) is 5.32 Å². The number of benzene rings is 4. The highest BCUT2D eigenvalue weighted by atomic mass is 16.6. The largest absolute Gasteiger partial charge is 0.496 e. The van der Waals surface area contributed by atoms with E-state index in [0.29, 0.717) is 39.6 Å². The van der Waals surface area contributed by atoms with Crippen LogP contribution in [0.25, 0.3) is 10.8 Å². The first-order chi connectivity index (χ1) is 17.1. The third kappa shape index (κ3) is 2.98. The fraction of sp³-hybridized carbons (Fsp3) is 0.143. The van der Waals surface area contributed by atoms with Crippen LogP contribution in [0.3, 0.4) is 0 Å². The van der Waals surface area contributed by atoms with Gasteiger partial charge in [0, 0.05) is 28.4 Å². The summed E-state index contributed by atoms with van der Waals surface area (Å²) < 4.78 is 23.4. The predicted octanol–water partition coefficient (Wildman–Crippen LogP) is 5.98. The highest BCUT2D eigenvalue weighted by Gasteiger charge is 2.53. The summed E-state index contributed by atoms with van der Waals surface area (Å²) in [6.45, 7) is 1.99. The van der Waals surface area contributed by atoms with Gasteiger partial charge in [0.15, 0.2) is 5.60 Å². The molecule has 7 heteroatoms. The second-order valence-electron chi connectivity index (χ2n) is 8.28. The Labute approximate surface area is 201 Å². The molecule has 6 rings (SSSR count). The molecule has 2 aliphatic heterocycles. The van der Waals surface area contributed by atoms with Crippen molar-refractivity contribution in [3.8, 4) is 17.2 Å². The summed E-state index contributed by atoms with van der Waals surface area (Å²) >= 11 is 0. The molecule has 2 heterocycles. The van der Waals surface area contributed by atoms with Crippen molar-refractivity contribution in [2.45, 2.75) is 12.5 Å². The van der Waals surface area contributed by atoms with Crippen molar-refractivity contribution in [2.24, 2.45) is 0 Å². The van der Waals surface area contributed by atoms with E-state index in [-0.39, 0.29) is 6.61 Å². The molecule has 0 bridgehead atoms. The number of methoxy groups -OCH3 is 1. The molecule has 1 N–H and O–H groups in total. The van der Waals surface area contributed by atoms with Crippen LogP contribution in [0.1, 0.15) is 34.0 Å². The summed E-state index contributed by atoms with van der Waals surface area (Å²) in [5, 5.41) is 4.39. The van der Waals surface area contributed by atoms with Gasteiger partial charge in [-0.1, -0.05) is 36.4 Å². The number of hydrogen-bond acceptors (Lipinski definition) is 6. The first-order valence-corrected chi connectivity index (χ1v) is 11.3. The normalized spacial score (nSPS) is 17.1. The van der Waals surface area contributed by atoms with E-state index in [2.05, 4.69) is 5.32 Å². The van der Waals surface area contributed by atoms with Gasteiger partial charge in [0.2, 0.25) is 0 Å². The number of amides is 1. The van der Waals surface area contributed by atoms with Crippen molar-refractivity contribution in [1.82, 2.24) is 0 Å². The van der Waals surface area contributed by atoms with E-state index in [1.165, 1.54) is 0 Å². The molecule has 0 radical (unpaired) electrons. The maximum absolute atomic E-state index is 13.1. The van der Waals surface area contributed by atoms with Crippen LogP contribution in [0, 0.1) is 0 Å². The molecule has 7 nitrogen and oxygen atoms in total. The molecule has 0 saturated heterocycles. The Morgan fingerprint density at radius 2 is 1.80 bits per heavy atom. The minimum atomic E-state index is -1.21. The van der Waals surface area contributed by atoms with Crippen LogP contribution in [0.15, 0.2) is 72.8 Å². The van der Waals surface area contributed by atoms with Crippen molar-refractivity contribution in [2.75, 3.05) is 19.0 Å². The topological polar surface area (TPSA) is 83.1 Å². The van der Waals surface area contributed by atoms with Gasteiger partial charge in [0.05, 0.1) is 24.7 Å². The van der Waals surface area contributed by atoms with Gasteiger partial charge in [-0.15, -0.1) is 0 Å². The van der Waals surface area contributed by atoms with Gasteiger partial charge in [0.25, 0.3) is 0 Å². The monoisotopic (exact) mass is 467 g/mol. The van der Waals surface area contributed by atoms with Crippen molar-refractivity contribution in [3.05, 3.63) is 95.1 Å². The molecule has 1 spiro atoms. The lowest BCUT2D eigenvalue weighted by Crippen LogP contribution is -2.33. The highest BCUT2D eigenvalue weighted by Crippen LogP contribution is 2.58. The number of ether oxygens (including phenoxy) is 4. The van der Waals surface area contributed by atoms with Gasteiger partial charge in [0.1, 0.15) is 17.2 Å². The molecule has 1 unspecified atom stereocenters. The Morgan fingerprint density at radius 3 is 2.63 bits per heavy atom. The van der Waals surface area contributed by atoms with Crippen LogP contribution in [0.4, 0.5) is 10.5 Å². The van der Waals surface area contributed by atoms with E-state index < -0.39 is 17.7 Å². The summed E-state index contributed by atoms with van der Waals surface area (Å²) in [5.74, 6) is 1.21. The SMILES string of the molecule is CCOC(=O)Nc1ccc2c(c1)Oc1c(ccc3cccc(OC)c13)C21OC(=O)c2ccccc21. The number of fused-ring (bicyclic) bond motifs is 8. The molecule has 1 amide bonds. The standard InChI is InChI=1S/C28H21NO6/c1-3-33-27(31)29-17-12-14-20-23(15-17)34-25-21(13-11-16-7-6-10-22(32-2)24(16)25)28(20)19-9-5-4-8-18(19)26(30)35-28/h4-15H,3H2,1-2H3,(H,29,31). The van der Waals surface area contributed by atoms with E-state index in [0.717, 1.165) is 16.3 Å². The summed E-state index contributed by atoms with van der Waals surface area (Å²) in [6, 6.07) is 22.3. The molecule has 174 valence electrons. The van der Waals surface area contributed by atoms with Crippen LogP contribution >= 0.6 is 0 Å². The predicted molar refractivity (Wildman–Crippen MR) is 129 cm³/mol. The third-order valence-corrected chi connectivity index (χ3v) is 6.43. The third-order valence-electron chi connectivity index (χ3n) is 6.43. The molecule has 1 atom stereocenters. The van der Waals surface area contributed by atoms with Crippen LogP contribution < -0.4 is 14.8 Å². The molecular weight excluding hydrogens is 446 g/mol. The van der Waals surface area contributed by atoms with Gasteiger partial charge >= 0.3 is 12.1 Å². The van der Waals surface area contributed by atoms with E-state index in [4.69, 9.17) is 18.9 Å². The minimum absolute atomic E-state index is 0.252. The molecule has 0 fully saturated rings. The summed E-state index contributed by atoms with van der Waals surface area (Å²) in [5.41, 5.74) is 1.87. The molecule has 4 aromatic carbocycles. The Kier molecular flexibility index (Phi) is 4.67. The lowest BCUT2D eigenvalue weighted by Gasteiger charge is -2.37. The van der Waals surface area contributed by atoms with Gasteiger partial charge in [-0.2, -0.15) is 0 Å². The zero-order valence-electron chi connectivity index (χ0n) is 19.1. The maximum atomic E-state index is 13.1. The Hall–Kier alpha value is -4.52. The van der Waals surface area contributed by atoms with Crippen LogP contribution in [0.2, 0.25) is 0 Å². The molecule has 0 aliphatic carbocycles. The fourth-order valence-electron chi connectivity index (χ4n) is 5.00. The van der Waals surface area contributed by atoms with E-state index in [1.807, 2.05) is 54.6 Å². The molecule has 2 aliphatic rings. The minimum Gasteiger partial charge on any atom is -0.496 e. The van der Waals surface area contributed by atoms with E-state index in [9.17, 15) is 9.59 Å². The van der Waals surface area contributed by atoms with Crippen molar-refractivity contribution < 1.29 is 28.5 Å². The quantitative estimate of drug-likeness (QED) is 0.373. The maximum Gasteiger partial charge on any atom is 0.411 e. The number of hydrogen-bond donors (Lipinski definition) is 1. The van der Waals surface area contributed by atoms with Crippen LogP contribution in [0.5, 0.6) is 17.2 Å². The van der Waals surface area contributed by atoms with Gasteiger partial charge in [-0.25, -0.2) is 9.59 Å². The number of carbonyl (C=O) groups excluding carboxylic acids is 2. The van der Waals surface area contributed by atoms with Crippen LogP contribution in [-0.2, 0) is 15.1 Å². The van der Waals surface area contributed by atoms with Crippen molar-refractivity contribution >= 4 is 28.5 Å². The Bertz CT molecular complexity index is 1530. The molecular formula is C28H21NO6. The highest BCUT2D eigenvalue weighted by molar-refractivity contribution is 6.00. The van der Waals surface area contributed by atoms with E-state index >= 15 is 0 Å². The number of carbonyl (C=O) groups is 2. The number of anilines is 1. The Morgan fingerprint density at radius 1 is 0.971 bits per heavy atom. The summed E-state index contributed by atoms with van der Waals surface area (Å²) in [7, 11) is 1.60. The van der Waals surface area contributed by atoms with Crippen LogP contribution in [-0.4, -0.2) is 25.8 Å². The smallest absolute Gasteiger partial charge is 0.411 e. The van der Waals surface area contributed by atoms with Crippen molar-refractivity contribution in [1.29, 1.82) is 0 Å². The Balaban J connectivity index is 1.65. The molecule has 0 saturated carbocycles. The average molecular weight is 467 g/mol. The fourth-order valence-corrected chi connectivity index (χ4v) is 5.00. The molecule has 0 aromatic heterocycles. The number of rotatable bonds is 3. The second kappa shape index (κ2) is 7.77. The first kappa shape index (κ1) is 21.0. The molecule has 4 aromatic rings. The second-order valence-corrected chi connectivity index (χ2v) is 8.28.